The van der Waals surface area contributed by atoms with Gasteiger partial charge >= 0.3 is 6.03 Å². The van der Waals surface area contributed by atoms with Gasteiger partial charge in [-0.15, -0.1) is 0 Å². The molecule has 3 rings (SSSR count). The van der Waals surface area contributed by atoms with E-state index in [4.69, 9.17) is 4.74 Å². The van der Waals surface area contributed by atoms with Crippen LogP contribution in [0.15, 0.2) is 54.6 Å². The second-order valence-electron chi connectivity index (χ2n) is 6.44. The molecule has 1 saturated heterocycles. The van der Waals surface area contributed by atoms with Gasteiger partial charge in [0.25, 0.3) is 5.91 Å². The van der Waals surface area contributed by atoms with E-state index in [1.54, 1.807) is 44.4 Å². The molecule has 0 saturated carbocycles. The minimum absolute atomic E-state index is 0.273. The zero-order chi connectivity index (χ0) is 19.4. The lowest BCUT2D eigenvalue weighted by atomic mass is 9.92. The van der Waals surface area contributed by atoms with Gasteiger partial charge in [-0.1, -0.05) is 42.5 Å². The summed E-state index contributed by atoms with van der Waals surface area (Å²) in [7, 11) is 1.57. The SMILES string of the molecule is COc1cccc(CNC(=O)CN2C(=O)NC(C)(c3ccccc3)C2=O)c1. The largest absolute Gasteiger partial charge is 0.497 e. The minimum Gasteiger partial charge on any atom is -0.497 e. The van der Waals surface area contributed by atoms with E-state index in [1.165, 1.54) is 0 Å². The molecule has 2 aromatic carbocycles. The first-order valence-corrected chi connectivity index (χ1v) is 8.53. The van der Waals surface area contributed by atoms with Crippen LogP contribution in [0.5, 0.6) is 5.75 Å². The van der Waals surface area contributed by atoms with Gasteiger partial charge in [0.1, 0.15) is 17.8 Å². The van der Waals surface area contributed by atoms with Gasteiger partial charge in [-0.05, 0) is 30.2 Å². The van der Waals surface area contributed by atoms with Gasteiger partial charge in [-0.25, -0.2) is 4.79 Å². The Kier molecular flexibility index (Phi) is 5.12. The summed E-state index contributed by atoms with van der Waals surface area (Å²) < 4.78 is 5.14. The molecule has 0 bridgehead atoms. The topological polar surface area (TPSA) is 87.7 Å². The number of carbonyl (C=O) groups is 3. The van der Waals surface area contributed by atoms with Crippen molar-refractivity contribution < 1.29 is 19.1 Å². The van der Waals surface area contributed by atoms with Gasteiger partial charge in [0.05, 0.1) is 7.11 Å². The van der Waals surface area contributed by atoms with Crippen molar-refractivity contribution in [3.8, 4) is 5.75 Å². The molecule has 1 aliphatic rings. The molecule has 0 aromatic heterocycles. The van der Waals surface area contributed by atoms with E-state index in [0.717, 1.165) is 10.5 Å². The van der Waals surface area contributed by atoms with Crippen molar-refractivity contribution in [3.63, 3.8) is 0 Å². The van der Waals surface area contributed by atoms with E-state index in [1.807, 2.05) is 24.3 Å². The second-order valence-corrected chi connectivity index (χ2v) is 6.44. The lowest BCUT2D eigenvalue weighted by Crippen LogP contribution is -2.43. The van der Waals surface area contributed by atoms with Crippen LogP contribution in [0.25, 0.3) is 0 Å². The lowest BCUT2D eigenvalue weighted by Gasteiger charge is -2.22. The van der Waals surface area contributed by atoms with Crippen molar-refractivity contribution in [2.75, 3.05) is 13.7 Å². The van der Waals surface area contributed by atoms with E-state index in [9.17, 15) is 14.4 Å². The maximum atomic E-state index is 12.8. The molecule has 4 amide bonds. The van der Waals surface area contributed by atoms with Gasteiger partial charge in [0, 0.05) is 6.54 Å². The number of amides is 4. The van der Waals surface area contributed by atoms with Crippen LogP contribution < -0.4 is 15.4 Å². The molecule has 0 radical (unpaired) electrons. The summed E-state index contributed by atoms with van der Waals surface area (Å²) in [6, 6.07) is 15.7. The third-order valence-electron chi connectivity index (χ3n) is 4.55. The van der Waals surface area contributed by atoms with Crippen molar-refractivity contribution in [1.29, 1.82) is 0 Å². The first-order valence-electron chi connectivity index (χ1n) is 8.53. The number of urea groups is 1. The Morgan fingerprint density at radius 2 is 1.89 bits per heavy atom. The Labute approximate surface area is 157 Å². The molecular formula is C20H21N3O4. The fourth-order valence-corrected chi connectivity index (χ4v) is 2.99. The molecule has 1 atom stereocenters. The highest BCUT2D eigenvalue weighted by molar-refractivity contribution is 6.09. The molecule has 2 aromatic rings. The molecule has 1 aliphatic heterocycles. The van der Waals surface area contributed by atoms with Crippen LogP contribution >= 0.6 is 0 Å². The predicted octanol–water partition coefficient (Wildman–Crippen LogP) is 1.78. The number of carbonyl (C=O) groups excluding carboxylic acids is 3. The quantitative estimate of drug-likeness (QED) is 0.762. The van der Waals surface area contributed by atoms with Crippen LogP contribution in [-0.2, 0) is 21.7 Å². The number of ether oxygens (including phenoxy) is 1. The third kappa shape index (κ3) is 3.76. The van der Waals surface area contributed by atoms with Crippen LogP contribution in [0, 0.1) is 0 Å². The molecule has 7 nitrogen and oxygen atoms in total. The van der Waals surface area contributed by atoms with Crippen molar-refractivity contribution in [3.05, 3.63) is 65.7 Å². The van der Waals surface area contributed by atoms with Crippen LogP contribution in [0.4, 0.5) is 4.79 Å². The van der Waals surface area contributed by atoms with Crippen molar-refractivity contribution in [2.24, 2.45) is 0 Å². The Morgan fingerprint density at radius 1 is 1.15 bits per heavy atom. The summed E-state index contributed by atoms with van der Waals surface area (Å²) >= 11 is 0. The highest BCUT2D eigenvalue weighted by atomic mass is 16.5. The fourth-order valence-electron chi connectivity index (χ4n) is 2.99. The van der Waals surface area contributed by atoms with Gasteiger partial charge < -0.3 is 15.4 Å². The summed E-state index contributed by atoms with van der Waals surface area (Å²) in [6.07, 6.45) is 0. The van der Waals surface area contributed by atoms with E-state index in [0.29, 0.717) is 11.3 Å². The van der Waals surface area contributed by atoms with Gasteiger partial charge in [0.15, 0.2) is 0 Å². The number of nitrogens with zero attached hydrogens (tertiary/aromatic N) is 1. The number of methoxy groups -OCH3 is 1. The summed E-state index contributed by atoms with van der Waals surface area (Å²) in [5.74, 6) is -0.177. The van der Waals surface area contributed by atoms with E-state index in [-0.39, 0.29) is 13.1 Å². The average Bonchev–Trinajstić information content (AvgIpc) is 2.91. The summed E-state index contributed by atoms with van der Waals surface area (Å²) in [5.41, 5.74) is 0.350. The van der Waals surface area contributed by atoms with Crippen molar-refractivity contribution in [1.82, 2.24) is 15.5 Å². The van der Waals surface area contributed by atoms with Crippen LogP contribution in [0.1, 0.15) is 18.1 Å². The molecule has 7 heteroatoms. The first-order chi connectivity index (χ1) is 12.9. The Hall–Kier alpha value is -3.35. The van der Waals surface area contributed by atoms with E-state index >= 15 is 0 Å². The second kappa shape index (κ2) is 7.49. The standard InChI is InChI=1S/C20H21N3O4/c1-20(15-8-4-3-5-9-15)18(25)23(19(26)22-20)13-17(24)21-12-14-7-6-10-16(11-14)27-2/h3-11H,12-13H2,1-2H3,(H,21,24)(H,22,26). The number of nitrogens with one attached hydrogen (secondary N) is 2. The van der Waals surface area contributed by atoms with E-state index in [2.05, 4.69) is 10.6 Å². The number of hydrogen-bond donors (Lipinski definition) is 2. The Balaban J connectivity index is 1.64. The van der Waals surface area contributed by atoms with Crippen molar-refractivity contribution >= 4 is 17.8 Å². The maximum absolute atomic E-state index is 12.8. The number of rotatable bonds is 6. The summed E-state index contributed by atoms with van der Waals surface area (Å²) in [6.45, 7) is 1.57. The smallest absolute Gasteiger partial charge is 0.325 e. The summed E-state index contributed by atoms with van der Waals surface area (Å²) in [4.78, 5) is 38.2. The van der Waals surface area contributed by atoms with Gasteiger partial charge in [-0.3, -0.25) is 14.5 Å². The maximum Gasteiger partial charge on any atom is 0.325 e. The van der Waals surface area contributed by atoms with Crippen LogP contribution in [-0.4, -0.2) is 36.4 Å². The number of hydrogen-bond acceptors (Lipinski definition) is 4. The Bertz CT molecular complexity index is 869. The zero-order valence-electron chi connectivity index (χ0n) is 15.2. The predicted molar refractivity (Wildman–Crippen MR) is 98.9 cm³/mol. The first kappa shape index (κ1) is 18.4. The number of benzene rings is 2. The zero-order valence-corrected chi connectivity index (χ0v) is 15.2. The molecule has 0 spiro atoms. The molecule has 1 heterocycles. The minimum atomic E-state index is -1.18. The molecule has 27 heavy (non-hydrogen) atoms. The van der Waals surface area contributed by atoms with E-state index < -0.39 is 23.4 Å². The van der Waals surface area contributed by atoms with Crippen LogP contribution in [0.3, 0.4) is 0 Å². The third-order valence-corrected chi connectivity index (χ3v) is 4.55. The molecular weight excluding hydrogens is 346 g/mol. The molecule has 140 valence electrons. The van der Waals surface area contributed by atoms with Gasteiger partial charge in [0.2, 0.25) is 5.91 Å². The number of imide groups is 1. The highest BCUT2D eigenvalue weighted by Crippen LogP contribution is 2.28. The van der Waals surface area contributed by atoms with Gasteiger partial charge in [-0.2, -0.15) is 0 Å². The lowest BCUT2D eigenvalue weighted by molar-refractivity contribution is -0.134. The fraction of sp³-hybridized carbons (Fsp3) is 0.250. The Morgan fingerprint density at radius 3 is 2.59 bits per heavy atom. The monoisotopic (exact) mass is 367 g/mol. The highest BCUT2D eigenvalue weighted by Gasteiger charge is 2.49. The molecule has 1 fully saturated rings. The summed E-state index contributed by atoms with van der Waals surface area (Å²) in [5, 5.41) is 5.40. The van der Waals surface area contributed by atoms with Crippen molar-refractivity contribution in [2.45, 2.75) is 19.0 Å². The molecule has 0 aliphatic carbocycles. The normalized spacial score (nSPS) is 19.0. The van der Waals surface area contributed by atoms with Crippen LogP contribution in [0.2, 0.25) is 0 Å². The molecule has 2 N–H and O–H groups in total. The molecule has 1 unspecified atom stereocenters. The average molecular weight is 367 g/mol.